The Bertz CT molecular complexity index is 734. The van der Waals surface area contributed by atoms with Crippen molar-refractivity contribution in [2.75, 3.05) is 32.7 Å². The van der Waals surface area contributed by atoms with Crippen LogP contribution in [0.3, 0.4) is 0 Å². The molecule has 1 atom stereocenters. The van der Waals surface area contributed by atoms with Crippen molar-refractivity contribution in [3.63, 3.8) is 0 Å². The van der Waals surface area contributed by atoms with E-state index >= 15 is 0 Å². The molecular formula is C22H27N3O. The molecule has 0 bridgehead atoms. The highest BCUT2D eigenvalue weighted by Gasteiger charge is 2.42. The monoisotopic (exact) mass is 349 g/mol. The summed E-state index contributed by atoms with van der Waals surface area (Å²) in [5.41, 5.74) is 2.40. The first-order chi connectivity index (χ1) is 12.7. The zero-order chi connectivity index (χ0) is 17.8. The number of nitrogens with zero attached hydrogens (tertiary/aromatic N) is 3. The van der Waals surface area contributed by atoms with Crippen molar-refractivity contribution >= 4 is 5.91 Å². The van der Waals surface area contributed by atoms with Gasteiger partial charge < -0.3 is 9.80 Å². The van der Waals surface area contributed by atoms with Crippen LogP contribution in [0, 0.1) is 5.41 Å². The fourth-order valence-electron chi connectivity index (χ4n) is 4.55. The van der Waals surface area contributed by atoms with Gasteiger partial charge in [-0.15, -0.1) is 0 Å². The molecule has 2 saturated heterocycles. The zero-order valence-corrected chi connectivity index (χ0v) is 15.3. The van der Waals surface area contributed by atoms with Gasteiger partial charge in [0, 0.05) is 44.0 Å². The largest absolute Gasteiger partial charge is 0.338 e. The van der Waals surface area contributed by atoms with Gasteiger partial charge in [-0.1, -0.05) is 30.3 Å². The van der Waals surface area contributed by atoms with Crippen LogP contribution in [0.5, 0.6) is 0 Å². The third-order valence-electron chi connectivity index (χ3n) is 5.93. The molecule has 1 aromatic heterocycles. The Labute approximate surface area is 155 Å². The topological polar surface area (TPSA) is 36.4 Å². The van der Waals surface area contributed by atoms with Gasteiger partial charge in [-0.2, -0.15) is 0 Å². The lowest BCUT2D eigenvalue weighted by molar-refractivity contribution is 0.0692. The van der Waals surface area contributed by atoms with Gasteiger partial charge in [0.1, 0.15) is 0 Å². The van der Waals surface area contributed by atoms with Gasteiger partial charge in [0.05, 0.1) is 5.56 Å². The van der Waals surface area contributed by atoms with E-state index in [9.17, 15) is 4.79 Å². The Morgan fingerprint density at radius 3 is 2.73 bits per heavy atom. The molecule has 0 aliphatic carbocycles. The first kappa shape index (κ1) is 17.2. The van der Waals surface area contributed by atoms with Gasteiger partial charge in [-0.3, -0.25) is 9.78 Å². The van der Waals surface area contributed by atoms with Crippen molar-refractivity contribution < 1.29 is 4.79 Å². The first-order valence-electron chi connectivity index (χ1n) is 9.70. The highest BCUT2D eigenvalue weighted by atomic mass is 16.2. The Balaban J connectivity index is 1.36. The molecule has 4 rings (SSSR count). The van der Waals surface area contributed by atoms with Crippen LogP contribution in [0.1, 0.15) is 35.2 Å². The predicted molar refractivity (Wildman–Crippen MR) is 103 cm³/mol. The number of carbonyl (C=O) groups excluding carboxylic acids is 1. The van der Waals surface area contributed by atoms with Crippen LogP contribution in [0.25, 0.3) is 0 Å². The van der Waals surface area contributed by atoms with E-state index in [1.807, 2.05) is 17.0 Å². The van der Waals surface area contributed by atoms with E-state index in [0.717, 1.165) is 39.0 Å². The summed E-state index contributed by atoms with van der Waals surface area (Å²) in [5.74, 6) is 0.136. The number of rotatable bonds is 4. The van der Waals surface area contributed by atoms with Crippen molar-refractivity contribution in [3.8, 4) is 0 Å². The van der Waals surface area contributed by atoms with Crippen LogP contribution in [0.15, 0.2) is 54.9 Å². The molecule has 26 heavy (non-hydrogen) atoms. The van der Waals surface area contributed by atoms with Crippen LogP contribution in [-0.2, 0) is 6.42 Å². The SMILES string of the molecule is O=C(c1cccnc1)N1CCC2(CCCN(CCc3ccccc3)C2)C1. The molecule has 4 heteroatoms. The minimum atomic E-state index is 0.136. The number of pyridine rings is 1. The molecule has 2 aromatic rings. The molecule has 0 radical (unpaired) electrons. The average Bonchev–Trinajstić information content (AvgIpc) is 3.10. The third kappa shape index (κ3) is 3.80. The smallest absolute Gasteiger partial charge is 0.255 e. The molecule has 1 unspecified atom stereocenters. The Morgan fingerprint density at radius 1 is 1.04 bits per heavy atom. The fraction of sp³-hybridized carbons (Fsp3) is 0.455. The highest BCUT2D eigenvalue weighted by molar-refractivity contribution is 5.94. The van der Waals surface area contributed by atoms with Crippen molar-refractivity contribution in [3.05, 3.63) is 66.0 Å². The quantitative estimate of drug-likeness (QED) is 0.850. The lowest BCUT2D eigenvalue weighted by Gasteiger charge is -2.40. The fourth-order valence-corrected chi connectivity index (χ4v) is 4.55. The van der Waals surface area contributed by atoms with Crippen LogP contribution < -0.4 is 0 Å². The van der Waals surface area contributed by atoms with Gasteiger partial charge in [-0.25, -0.2) is 0 Å². The van der Waals surface area contributed by atoms with E-state index in [-0.39, 0.29) is 11.3 Å². The number of hydrogen-bond acceptors (Lipinski definition) is 3. The molecule has 2 fully saturated rings. The van der Waals surface area contributed by atoms with E-state index in [1.54, 1.807) is 12.4 Å². The van der Waals surface area contributed by atoms with Crippen LogP contribution >= 0.6 is 0 Å². The summed E-state index contributed by atoms with van der Waals surface area (Å²) in [4.78, 5) is 21.5. The van der Waals surface area contributed by atoms with Crippen LogP contribution in [-0.4, -0.2) is 53.4 Å². The number of carbonyl (C=O) groups is 1. The summed E-state index contributed by atoms with van der Waals surface area (Å²) >= 11 is 0. The van der Waals surface area contributed by atoms with Crippen molar-refractivity contribution in [2.24, 2.45) is 5.41 Å². The third-order valence-corrected chi connectivity index (χ3v) is 5.93. The molecule has 0 saturated carbocycles. The van der Waals surface area contributed by atoms with Crippen molar-refractivity contribution in [1.29, 1.82) is 0 Å². The predicted octanol–water partition coefficient (Wildman–Crippen LogP) is 3.25. The second-order valence-corrected chi connectivity index (χ2v) is 7.83. The van der Waals surface area contributed by atoms with Gasteiger partial charge in [0.25, 0.3) is 5.91 Å². The molecule has 4 nitrogen and oxygen atoms in total. The first-order valence-corrected chi connectivity index (χ1v) is 9.70. The molecule has 2 aliphatic rings. The maximum Gasteiger partial charge on any atom is 0.255 e. The van der Waals surface area contributed by atoms with Crippen LogP contribution in [0.2, 0.25) is 0 Å². The lowest BCUT2D eigenvalue weighted by atomic mass is 9.79. The molecule has 2 aliphatic heterocycles. The Morgan fingerprint density at radius 2 is 1.92 bits per heavy atom. The summed E-state index contributed by atoms with van der Waals surface area (Å²) in [6, 6.07) is 14.4. The highest BCUT2D eigenvalue weighted by Crippen LogP contribution is 2.39. The van der Waals surface area contributed by atoms with Crippen molar-refractivity contribution in [1.82, 2.24) is 14.8 Å². The van der Waals surface area contributed by atoms with Gasteiger partial charge >= 0.3 is 0 Å². The molecule has 136 valence electrons. The maximum absolute atomic E-state index is 12.7. The van der Waals surface area contributed by atoms with Crippen LogP contribution in [0.4, 0.5) is 0 Å². The van der Waals surface area contributed by atoms with Gasteiger partial charge in [0.2, 0.25) is 0 Å². The van der Waals surface area contributed by atoms with E-state index in [2.05, 4.69) is 40.2 Å². The minimum absolute atomic E-state index is 0.136. The molecule has 1 amide bonds. The number of likely N-dealkylation sites (tertiary alicyclic amines) is 2. The molecule has 1 aromatic carbocycles. The minimum Gasteiger partial charge on any atom is -0.338 e. The normalized spacial score (nSPS) is 23.5. The standard InChI is InChI=1S/C22H27N3O/c26-21(20-8-4-12-23-16-20)25-15-11-22(18-25)10-5-13-24(17-22)14-9-19-6-2-1-3-7-19/h1-4,6-8,12,16H,5,9-11,13-15,17-18H2. The number of piperidine rings is 1. The summed E-state index contributed by atoms with van der Waals surface area (Å²) in [7, 11) is 0. The second kappa shape index (κ2) is 7.58. The summed E-state index contributed by atoms with van der Waals surface area (Å²) in [6.45, 7) is 5.19. The molecule has 0 N–H and O–H groups in total. The number of benzene rings is 1. The second-order valence-electron chi connectivity index (χ2n) is 7.83. The van der Waals surface area contributed by atoms with E-state index in [1.165, 1.54) is 24.9 Å². The lowest BCUT2D eigenvalue weighted by Crippen LogP contribution is -2.46. The van der Waals surface area contributed by atoms with Gasteiger partial charge in [-0.05, 0) is 49.9 Å². The van der Waals surface area contributed by atoms with Crippen molar-refractivity contribution in [2.45, 2.75) is 25.7 Å². The molecular weight excluding hydrogens is 322 g/mol. The molecule has 3 heterocycles. The number of amides is 1. The summed E-state index contributed by atoms with van der Waals surface area (Å²) in [6.07, 6.45) is 8.11. The zero-order valence-electron chi connectivity index (χ0n) is 15.3. The van der Waals surface area contributed by atoms with E-state index in [4.69, 9.17) is 0 Å². The average molecular weight is 349 g/mol. The summed E-state index contributed by atoms with van der Waals surface area (Å²) in [5, 5.41) is 0. The molecule has 1 spiro atoms. The Hall–Kier alpha value is -2.20. The maximum atomic E-state index is 12.7. The summed E-state index contributed by atoms with van der Waals surface area (Å²) < 4.78 is 0. The Kier molecular flexibility index (Phi) is 5.02. The van der Waals surface area contributed by atoms with Gasteiger partial charge in [0.15, 0.2) is 0 Å². The van der Waals surface area contributed by atoms with E-state index < -0.39 is 0 Å². The number of hydrogen-bond donors (Lipinski definition) is 0. The van der Waals surface area contributed by atoms with E-state index in [0.29, 0.717) is 5.56 Å². The number of aromatic nitrogens is 1.